The summed E-state index contributed by atoms with van der Waals surface area (Å²) in [5.41, 5.74) is 5.49. The van der Waals surface area contributed by atoms with E-state index < -0.39 is 0 Å². The normalized spacial score (nSPS) is 10.9. The second kappa shape index (κ2) is 6.86. The molecule has 0 bridgehead atoms. The van der Waals surface area contributed by atoms with Gasteiger partial charge in [0.25, 0.3) is 5.91 Å². The molecule has 0 aliphatic heterocycles. The molecule has 0 unspecified atom stereocenters. The van der Waals surface area contributed by atoms with Gasteiger partial charge in [0.15, 0.2) is 0 Å². The molecule has 1 N–H and O–H groups in total. The zero-order valence-electron chi connectivity index (χ0n) is 13.4. The minimum atomic E-state index is -0.0641. The largest absolute Gasteiger partial charge is 0.352 e. The van der Waals surface area contributed by atoms with Crippen molar-refractivity contribution in [3.8, 4) is 5.69 Å². The number of amides is 1. The van der Waals surface area contributed by atoms with Crippen molar-refractivity contribution in [2.24, 2.45) is 0 Å². The van der Waals surface area contributed by atoms with Crippen LogP contribution in [0.2, 0.25) is 0 Å². The molecule has 0 saturated heterocycles. The highest BCUT2D eigenvalue weighted by Gasteiger charge is 2.08. The Labute approximate surface area is 149 Å². The smallest absolute Gasteiger partial charge is 0.251 e. The van der Waals surface area contributed by atoms with Crippen molar-refractivity contribution in [1.29, 1.82) is 0 Å². The average Bonchev–Trinajstić information content (AvgIpc) is 3.31. The molecule has 1 amide bonds. The molecular formula is C19H16N4OS. The molecule has 0 saturated carbocycles. The summed E-state index contributed by atoms with van der Waals surface area (Å²) >= 11 is 1.54. The third-order valence-corrected chi connectivity index (χ3v) is 4.74. The van der Waals surface area contributed by atoms with E-state index in [0.717, 1.165) is 27.9 Å². The van der Waals surface area contributed by atoms with Gasteiger partial charge < -0.3 is 5.32 Å². The summed E-state index contributed by atoms with van der Waals surface area (Å²) in [6.07, 6.45) is 4.56. The highest BCUT2D eigenvalue weighted by atomic mass is 32.1. The second-order valence-electron chi connectivity index (χ2n) is 5.67. The van der Waals surface area contributed by atoms with E-state index in [1.54, 1.807) is 5.51 Å². The summed E-state index contributed by atoms with van der Waals surface area (Å²) in [5.74, 6) is -0.0641. The maximum atomic E-state index is 12.3. The maximum absolute atomic E-state index is 12.3. The summed E-state index contributed by atoms with van der Waals surface area (Å²) in [7, 11) is 0. The fourth-order valence-corrected chi connectivity index (χ4v) is 3.35. The van der Waals surface area contributed by atoms with Crippen LogP contribution >= 0.6 is 11.3 Å². The van der Waals surface area contributed by atoms with Gasteiger partial charge in [0.05, 0.1) is 27.6 Å². The molecule has 0 fully saturated rings. The van der Waals surface area contributed by atoms with Crippen LogP contribution in [0.1, 0.15) is 15.9 Å². The van der Waals surface area contributed by atoms with Crippen LogP contribution in [0.25, 0.3) is 15.9 Å². The zero-order valence-corrected chi connectivity index (χ0v) is 14.2. The highest BCUT2D eigenvalue weighted by Crippen LogP contribution is 2.19. The second-order valence-corrected chi connectivity index (χ2v) is 6.56. The first kappa shape index (κ1) is 15.5. The van der Waals surface area contributed by atoms with Crippen molar-refractivity contribution in [1.82, 2.24) is 20.1 Å². The summed E-state index contributed by atoms with van der Waals surface area (Å²) in [4.78, 5) is 16.5. The lowest BCUT2D eigenvalue weighted by atomic mass is 10.2. The van der Waals surface area contributed by atoms with Crippen LogP contribution < -0.4 is 5.32 Å². The van der Waals surface area contributed by atoms with Crippen LogP contribution in [0.3, 0.4) is 0 Å². The van der Waals surface area contributed by atoms with Gasteiger partial charge in [0.2, 0.25) is 0 Å². The van der Waals surface area contributed by atoms with Gasteiger partial charge in [-0.15, -0.1) is 11.3 Å². The molecule has 2 heterocycles. The Balaban J connectivity index is 1.36. The van der Waals surface area contributed by atoms with Gasteiger partial charge in [0.1, 0.15) is 0 Å². The van der Waals surface area contributed by atoms with Gasteiger partial charge >= 0.3 is 0 Å². The maximum Gasteiger partial charge on any atom is 0.251 e. The molecule has 0 aliphatic carbocycles. The summed E-state index contributed by atoms with van der Waals surface area (Å²) in [6.45, 7) is 0.569. The number of nitrogens with zero attached hydrogens (tertiary/aromatic N) is 3. The van der Waals surface area contributed by atoms with Gasteiger partial charge in [0, 0.05) is 18.3 Å². The standard InChI is InChI=1S/C19H16N4OS/c24-19(15-6-7-17-18(10-15)25-13-21-17)20-9-8-14-11-22-23(12-14)16-4-2-1-3-5-16/h1-7,10-13H,8-9H2,(H,20,24). The minimum Gasteiger partial charge on any atom is -0.352 e. The first-order valence-electron chi connectivity index (χ1n) is 8.00. The molecule has 5 nitrogen and oxygen atoms in total. The SMILES string of the molecule is O=C(NCCc1cnn(-c2ccccc2)c1)c1ccc2ncsc2c1. The quantitative estimate of drug-likeness (QED) is 0.601. The van der Waals surface area contributed by atoms with Gasteiger partial charge in [-0.2, -0.15) is 5.10 Å². The average molecular weight is 348 g/mol. The number of nitrogens with one attached hydrogen (secondary N) is 1. The van der Waals surface area contributed by atoms with Gasteiger partial charge in [-0.25, -0.2) is 9.67 Å². The number of hydrogen-bond donors (Lipinski definition) is 1. The third-order valence-electron chi connectivity index (χ3n) is 3.95. The molecule has 4 rings (SSSR count). The van der Waals surface area contributed by atoms with Crippen molar-refractivity contribution in [2.45, 2.75) is 6.42 Å². The molecule has 124 valence electrons. The summed E-state index contributed by atoms with van der Waals surface area (Å²) in [5, 5.41) is 7.33. The topological polar surface area (TPSA) is 59.8 Å². The molecule has 6 heteroatoms. The van der Waals surface area contributed by atoms with Crippen molar-refractivity contribution >= 4 is 27.5 Å². The number of para-hydroxylation sites is 1. The van der Waals surface area contributed by atoms with Crippen molar-refractivity contribution in [2.75, 3.05) is 6.54 Å². The fraction of sp³-hybridized carbons (Fsp3) is 0.105. The van der Waals surface area contributed by atoms with Gasteiger partial charge in [-0.05, 0) is 42.3 Å². The molecule has 2 aromatic carbocycles. The van der Waals surface area contributed by atoms with Gasteiger partial charge in [-0.3, -0.25) is 4.79 Å². The van der Waals surface area contributed by atoms with Crippen molar-refractivity contribution < 1.29 is 4.79 Å². The Morgan fingerprint density at radius 2 is 2.04 bits per heavy atom. The third kappa shape index (κ3) is 3.44. The van der Waals surface area contributed by atoms with Crippen LogP contribution in [0.15, 0.2) is 66.4 Å². The van der Waals surface area contributed by atoms with E-state index in [9.17, 15) is 4.79 Å². The zero-order chi connectivity index (χ0) is 17.1. The van der Waals surface area contributed by atoms with Crippen molar-refractivity contribution in [3.63, 3.8) is 0 Å². The fourth-order valence-electron chi connectivity index (χ4n) is 2.63. The first-order chi connectivity index (χ1) is 12.3. The molecule has 2 aromatic heterocycles. The molecule has 4 aromatic rings. The van der Waals surface area contributed by atoms with Gasteiger partial charge in [-0.1, -0.05) is 18.2 Å². The molecule has 0 spiro atoms. The van der Waals surface area contributed by atoms with E-state index in [4.69, 9.17) is 0 Å². The monoisotopic (exact) mass is 348 g/mol. The lowest BCUT2D eigenvalue weighted by Crippen LogP contribution is -2.25. The Bertz CT molecular complexity index is 1010. The number of benzene rings is 2. The number of aromatic nitrogens is 3. The van der Waals surface area contributed by atoms with Crippen LogP contribution in [0.4, 0.5) is 0 Å². The Morgan fingerprint density at radius 1 is 1.16 bits per heavy atom. The highest BCUT2D eigenvalue weighted by molar-refractivity contribution is 7.16. The van der Waals surface area contributed by atoms with E-state index in [-0.39, 0.29) is 5.91 Å². The number of carbonyl (C=O) groups is 1. The van der Waals surface area contributed by atoms with E-state index in [2.05, 4.69) is 15.4 Å². The van der Waals surface area contributed by atoms with Crippen LogP contribution in [-0.2, 0) is 6.42 Å². The van der Waals surface area contributed by atoms with E-state index >= 15 is 0 Å². The first-order valence-corrected chi connectivity index (χ1v) is 8.88. The number of hydrogen-bond acceptors (Lipinski definition) is 4. The van der Waals surface area contributed by atoms with Crippen LogP contribution in [0, 0.1) is 0 Å². The number of carbonyl (C=O) groups excluding carboxylic acids is 1. The van der Waals surface area contributed by atoms with Crippen LogP contribution in [0.5, 0.6) is 0 Å². The molecule has 0 aliphatic rings. The molecule has 25 heavy (non-hydrogen) atoms. The van der Waals surface area contributed by atoms with E-state index in [0.29, 0.717) is 12.1 Å². The minimum absolute atomic E-state index is 0.0641. The number of thiazole rings is 1. The Morgan fingerprint density at radius 3 is 2.92 bits per heavy atom. The Kier molecular flexibility index (Phi) is 4.26. The number of rotatable bonds is 5. The lowest BCUT2D eigenvalue weighted by Gasteiger charge is -2.04. The predicted octanol–water partition coefficient (Wildman–Crippen LogP) is 3.45. The lowest BCUT2D eigenvalue weighted by molar-refractivity contribution is 0.0954. The molecular weight excluding hydrogens is 332 g/mol. The molecule has 0 atom stereocenters. The van der Waals surface area contributed by atoms with Crippen LogP contribution in [-0.4, -0.2) is 27.2 Å². The van der Waals surface area contributed by atoms with Crippen molar-refractivity contribution in [3.05, 3.63) is 77.6 Å². The van der Waals surface area contributed by atoms with E-state index in [1.165, 1.54) is 11.3 Å². The summed E-state index contributed by atoms with van der Waals surface area (Å²) < 4.78 is 2.87. The van der Waals surface area contributed by atoms with E-state index in [1.807, 2.05) is 65.6 Å². The Hall–Kier alpha value is -2.99. The summed E-state index contributed by atoms with van der Waals surface area (Å²) in [6, 6.07) is 15.5. The predicted molar refractivity (Wildman–Crippen MR) is 99.2 cm³/mol. The number of fused-ring (bicyclic) bond motifs is 1. The molecule has 0 radical (unpaired) electrons.